The normalized spacial score (nSPS) is 18.0. The zero-order chi connectivity index (χ0) is 19.5. The Bertz CT molecular complexity index is 878. The van der Waals surface area contributed by atoms with E-state index in [-0.39, 0.29) is 30.3 Å². The fourth-order valence-electron chi connectivity index (χ4n) is 3.51. The molecule has 2 heterocycles. The lowest BCUT2D eigenvalue weighted by Gasteiger charge is -2.21. The summed E-state index contributed by atoms with van der Waals surface area (Å²) in [6.07, 6.45) is 2.08. The maximum atomic E-state index is 12.9. The van der Waals surface area contributed by atoms with Gasteiger partial charge in [-0.05, 0) is 61.2 Å². The van der Waals surface area contributed by atoms with Crippen LogP contribution < -0.4 is 15.0 Å². The fraction of sp³-hybridized carbons (Fsp3) is 0.333. The number of benzene rings is 2. The van der Waals surface area contributed by atoms with Crippen LogP contribution in [0.1, 0.15) is 18.4 Å². The Morgan fingerprint density at radius 3 is 2.79 bits per heavy atom. The maximum absolute atomic E-state index is 12.9. The molecule has 7 heteroatoms. The van der Waals surface area contributed by atoms with E-state index >= 15 is 0 Å². The summed E-state index contributed by atoms with van der Waals surface area (Å²) < 4.78 is 23.8. The van der Waals surface area contributed by atoms with Gasteiger partial charge in [0, 0.05) is 24.5 Å². The Hall–Kier alpha value is -2.93. The molecule has 1 N–H and O–H groups in total. The third-order valence-electron chi connectivity index (χ3n) is 4.92. The summed E-state index contributed by atoms with van der Waals surface area (Å²) in [4.78, 5) is 26.6. The molecule has 0 radical (unpaired) electrons. The predicted octanol–water partition coefficient (Wildman–Crippen LogP) is 2.91. The highest BCUT2D eigenvalue weighted by Crippen LogP contribution is 2.32. The van der Waals surface area contributed by atoms with Crippen LogP contribution in [0.2, 0.25) is 0 Å². The van der Waals surface area contributed by atoms with Crippen LogP contribution in [0.3, 0.4) is 0 Å². The molecule has 0 bridgehead atoms. The summed E-state index contributed by atoms with van der Waals surface area (Å²) in [6, 6.07) is 11.0. The average molecular weight is 384 g/mol. The first-order chi connectivity index (χ1) is 13.6. The zero-order valence-corrected chi connectivity index (χ0v) is 15.3. The average Bonchev–Trinajstić information content (AvgIpc) is 3.37. The van der Waals surface area contributed by atoms with Crippen molar-refractivity contribution >= 4 is 23.2 Å². The molecule has 2 aromatic rings. The van der Waals surface area contributed by atoms with E-state index in [1.165, 1.54) is 24.3 Å². The molecule has 28 heavy (non-hydrogen) atoms. The third kappa shape index (κ3) is 3.99. The van der Waals surface area contributed by atoms with E-state index in [4.69, 9.17) is 9.47 Å². The molecule has 0 spiro atoms. The summed E-state index contributed by atoms with van der Waals surface area (Å²) in [5.41, 5.74) is 2.49. The first kappa shape index (κ1) is 18.4. The smallest absolute Gasteiger partial charge is 0.262 e. The van der Waals surface area contributed by atoms with E-state index in [1.807, 2.05) is 18.2 Å². The molecular weight excluding hydrogens is 363 g/mol. The molecule has 4 rings (SSSR count). The Labute approximate surface area is 162 Å². The molecule has 1 fully saturated rings. The lowest BCUT2D eigenvalue weighted by molar-refractivity contribution is -0.127. The van der Waals surface area contributed by atoms with Gasteiger partial charge in [0.15, 0.2) is 6.61 Å². The number of carbonyl (C=O) groups is 2. The van der Waals surface area contributed by atoms with E-state index in [0.29, 0.717) is 24.6 Å². The zero-order valence-electron chi connectivity index (χ0n) is 15.3. The molecule has 0 aromatic heterocycles. The van der Waals surface area contributed by atoms with E-state index in [9.17, 15) is 14.0 Å². The van der Waals surface area contributed by atoms with Crippen molar-refractivity contribution < 1.29 is 23.5 Å². The highest BCUT2D eigenvalue weighted by atomic mass is 19.1. The van der Waals surface area contributed by atoms with Crippen LogP contribution in [-0.4, -0.2) is 37.7 Å². The quantitative estimate of drug-likeness (QED) is 0.861. The lowest BCUT2D eigenvalue weighted by atomic mass is 10.1. The van der Waals surface area contributed by atoms with E-state index in [0.717, 1.165) is 30.5 Å². The lowest BCUT2D eigenvalue weighted by Crippen LogP contribution is -2.37. The third-order valence-corrected chi connectivity index (χ3v) is 4.92. The topological polar surface area (TPSA) is 67.9 Å². The molecule has 0 aliphatic carbocycles. The number of amides is 2. The van der Waals surface area contributed by atoms with E-state index in [1.54, 1.807) is 4.90 Å². The van der Waals surface area contributed by atoms with Crippen molar-refractivity contribution in [3.05, 3.63) is 53.8 Å². The highest BCUT2D eigenvalue weighted by molar-refractivity contribution is 6.00. The molecule has 2 aliphatic rings. The second-order valence-electron chi connectivity index (χ2n) is 6.88. The number of halogens is 1. The minimum atomic E-state index is -0.367. The molecular formula is C21H21FN2O4. The van der Waals surface area contributed by atoms with Gasteiger partial charge in [0.2, 0.25) is 0 Å². The van der Waals surface area contributed by atoms with Crippen molar-refractivity contribution in [2.75, 3.05) is 30.0 Å². The number of hydrogen-bond acceptors (Lipinski definition) is 4. The van der Waals surface area contributed by atoms with Crippen molar-refractivity contribution in [1.82, 2.24) is 0 Å². The molecule has 1 saturated heterocycles. The van der Waals surface area contributed by atoms with Gasteiger partial charge in [0.25, 0.3) is 11.8 Å². The Morgan fingerprint density at radius 1 is 1.21 bits per heavy atom. The number of hydrogen-bond donors (Lipinski definition) is 1. The summed E-state index contributed by atoms with van der Waals surface area (Å²) in [7, 11) is 0. The minimum absolute atomic E-state index is 0.0145. The highest BCUT2D eigenvalue weighted by Gasteiger charge is 2.32. The number of fused-ring (bicyclic) bond motifs is 1. The SMILES string of the molecule is O=C(COc1ccc(F)cc1)Nc1ccc2c(c1)N(C(=O)[C@H]1CCCO1)CC2. The van der Waals surface area contributed by atoms with Gasteiger partial charge in [-0.1, -0.05) is 6.07 Å². The molecule has 0 saturated carbocycles. The van der Waals surface area contributed by atoms with Crippen molar-refractivity contribution in [3.8, 4) is 5.75 Å². The first-order valence-corrected chi connectivity index (χ1v) is 9.34. The van der Waals surface area contributed by atoms with Crippen molar-refractivity contribution in [3.63, 3.8) is 0 Å². The van der Waals surface area contributed by atoms with Gasteiger partial charge in [-0.15, -0.1) is 0 Å². The molecule has 6 nitrogen and oxygen atoms in total. The molecule has 2 aliphatic heterocycles. The summed E-state index contributed by atoms with van der Waals surface area (Å²) in [6.45, 7) is 1.06. The minimum Gasteiger partial charge on any atom is -0.484 e. The molecule has 146 valence electrons. The number of nitrogens with zero attached hydrogens (tertiary/aromatic N) is 1. The van der Waals surface area contributed by atoms with Crippen molar-refractivity contribution in [2.45, 2.75) is 25.4 Å². The second kappa shape index (κ2) is 7.98. The van der Waals surface area contributed by atoms with Gasteiger partial charge in [-0.25, -0.2) is 4.39 Å². The number of nitrogens with one attached hydrogen (secondary N) is 1. The van der Waals surface area contributed by atoms with Crippen LogP contribution in [0.5, 0.6) is 5.75 Å². The van der Waals surface area contributed by atoms with E-state index < -0.39 is 0 Å². The standard InChI is InChI=1S/C21H21FN2O4/c22-15-4-7-17(8-5-15)28-13-20(25)23-16-6-3-14-9-10-24(18(14)12-16)21(26)19-2-1-11-27-19/h3-8,12,19H,1-2,9-11,13H2,(H,23,25)/t19-/m1/s1. The van der Waals surface area contributed by atoms with Crippen LogP contribution in [0.25, 0.3) is 0 Å². The molecule has 1 atom stereocenters. The van der Waals surface area contributed by atoms with Crippen molar-refractivity contribution in [1.29, 1.82) is 0 Å². The summed E-state index contributed by atoms with van der Waals surface area (Å²) in [5, 5.41) is 2.78. The molecule has 0 unspecified atom stereocenters. The van der Waals surface area contributed by atoms with Gasteiger partial charge in [0.1, 0.15) is 17.7 Å². The predicted molar refractivity (Wildman–Crippen MR) is 102 cm³/mol. The van der Waals surface area contributed by atoms with Crippen LogP contribution in [-0.2, 0) is 20.7 Å². The van der Waals surface area contributed by atoms with Crippen LogP contribution in [0.4, 0.5) is 15.8 Å². The van der Waals surface area contributed by atoms with Crippen LogP contribution in [0.15, 0.2) is 42.5 Å². The Balaban J connectivity index is 1.39. The first-order valence-electron chi connectivity index (χ1n) is 9.34. The van der Waals surface area contributed by atoms with Crippen LogP contribution in [0, 0.1) is 5.82 Å². The molecule has 2 aromatic carbocycles. The van der Waals surface area contributed by atoms with Gasteiger partial charge in [0.05, 0.1) is 0 Å². The van der Waals surface area contributed by atoms with Crippen LogP contribution >= 0.6 is 0 Å². The molecule has 2 amide bonds. The monoisotopic (exact) mass is 384 g/mol. The number of carbonyl (C=O) groups excluding carboxylic acids is 2. The van der Waals surface area contributed by atoms with Crippen molar-refractivity contribution in [2.24, 2.45) is 0 Å². The largest absolute Gasteiger partial charge is 0.484 e. The van der Waals surface area contributed by atoms with Gasteiger partial charge in [-0.2, -0.15) is 0 Å². The Kier molecular flexibility index (Phi) is 5.25. The summed E-state index contributed by atoms with van der Waals surface area (Å²) in [5.74, 6) is -0.297. The Morgan fingerprint density at radius 2 is 2.04 bits per heavy atom. The summed E-state index contributed by atoms with van der Waals surface area (Å²) >= 11 is 0. The van der Waals surface area contributed by atoms with Gasteiger partial charge in [-0.3, -0.25) is 9.59 Å². The van der Waals surface area contributed by atoms with Gasteiger partial charge < -0.3 is 19.7 Å². The number of anilines is 2. The van der Waals surface area contributed by atoms with E-state index in [2.05, 4.69) is 5.32 Å². The number of ether oxygens (including phenoxy) is 2. The van der Waals surface area contributed by atoms with Gasteiger partial charge >= 0.3 is 0 Å². The number of rotatable bonds is 5. The maximum Gasteiger partial charge on any atom is 0.262 e. The second-order valence-corrected chi connectivity index (χ2v) is 6.88. The fourth-order valence-corrected chi connectivity index (χ4v) is 3.51.